The number of anilines is 1. The molecule has 1 N–H and O–H groups in total. The quantitative estimate of drug-likeness (QED) is 0.711. The second kappa shape index (κ2) is 6.46. The average molecular weight is 366 g/mol. The molecule has 3 aromatic heterocycles. The van der Waals surface area contributed by atoms with Crippen LogP contribution in [0.15, 0.2) is 28.0 Å². The van der Waals surface area contributed by atoms with E-state index < -0.39 is 10.0 Å². The van der Waals surface area contributed by atoms with Gasteiger partial charge in [-0.2, -0.15) is 18.9 Å². The Kier molecular flexibility index (Phi) is 4.52. The summed E-state index contributed by atoms with van der Waals surface area (Å²) in [6.45, 7) is 4.62. The van der Waals surface area contributed by atoms with E-state index in [1.807, 2.05) is 13.8 Å². The van der Waals surface area contributed by atoms with Crippen LogP contribution in [-0.4, -0.2) is 52.4 Å². The van der Waals surface area contributed by atoms with Gasteiger partial charge in [0.15, 0.2) is 0 Å². The SMILES string of the molecule is Cc1nc2ncnn2c(NCCN(C)S(=O)(=O)c2cccs2)c1C. The summed E-state index contributed by atoms with van der Waals surface area (Å²) in [6.07, 6.45) is 1.44. The number of thiophene rings is 1. The van der Waals surface area contributed by atoms with Gasteiger partial charge in [0.1, 0.15) is 16.4 Å². The summed E-state index contributed by atoms with van der Waals surface area (Å²) in [7, 11) is -1.86. The van der Waals surface area contributed by atoms with Crippen LogP contribution in [-0.2, 0) is 10.0 Å². The molecule has 8 nitrogen and oxygen atoms in total. The van der Waals surface area contributed by atoms with Gasteiger partial charge in [-0.25, -0.2) is 13.4 Å². The van der Waals surface area contributed by atoms with Crippen molar-refractivity contribution >= 4 is 33.0 Å². The highest BCUT2D eigenvalue weighted by molar-refractivity contribution is 7.91. The Balaban J connectivity index is 1.73. The Hall–Kier alpha value is -2.04. The second-order valence-corrected chi connectivity index (χ2v) is 8.55. The van der Waals surface area contributed by atoms with Gasteiger partial charge in [0.2, 0.25) is 0 Å². The molecule has 0 saturated heterocycles. The third kappa shape index (κ3) is 2.99. The summed E-state index contributed by atoms with van der Waals surface area (Å²) in [5.74, 6) is 1.29. The number of hydrogen-bond donors (Lipinski definition) is 1. The molecule has 128 valence electrons. The van der Waals surface area contributed by atoms with E-state index in [9.17, 15) is 8.42 Å². The largest absolute Gasteiger partial charge is 0.368 e. The summed E-state index contributed by atoms with van der Waals surface area (Å²) in [6, 6.07) is 3.34. The standard InChI is InChI=1S/C14H18N6O2S2/c1-10-11(2)18-14-16-9-17-20(14)13(10)15-6-7-19(3)24(21,22)12-5-4-8-23-12/h4-5,8-9,15H,6-7H2,1-3H3. The van der Waals surface area contributed by atoms with Gasteiger partial charge >= 0.3 is 0 Å². The Bertz CT molecular complexity index is 949. The zero-order valence-electron chi connectivity index (χ0n) is 13.6. The minimum Gasteiger partial charge on any atom is -0.368 e. The molecular weight excluding hydrogens is 348 g/mol. The molecule has 3 heterocycles. The maximum absolute atomic E-state index is 12.4. The highest BCUT2D eigenvalue weighted by Crippen LogP contribution is 2.20. The van der Waals surface area contributed by atoms with Crippen molar-refractivity contribution in [3.05, 3.63) is 35.1 Å². The third-order valence-corrected chi connectivity index (χ3v) is 7.02. The summed E-state index contributed by atoms with van der Waals surface area (Å²) < 4.78 is 28.1. The number of nitrogens with one attached hydrogen (secondary N) is 1. The molecule has 0 aromatic carbocycles. The lowest BCUT2D eigenvalue weighted by Crippen LogP contribution is -2.31. The zero-order valence-corrected chi connectivity index (χ0v) is 15.2. The fourth-order valence-electron chi connectivity index (χ4n) is 2.26. The molecule has 0 fully saturated rings. The van der Waals surface area contributed by atoms with E-state index in [0.717, 1.165) is 17.1 Å². The van der Waals surface area contributed by atoms with Crippen molar-refractivity contribution in [2.75, 3.05) is 25.5 Å². The number of rotatable bonds is 6. The van der Waals surface area contributed by atoms with Gasteiger partial charge in [-0.15, -0.1) is 11.3 Å². The lowest BCUT2D eigenvalue weighted by Gasteiger charge is -2.18. The van der Waals surface area contributed by atoms with E-state index in [-0.39, 0.29) is 0 Å². The minimum atomic E-state index is -3.44. The Labute approximate surface area is 144 Å². The molecule has 0 aliphatic heterocycles. The molecule has 0 spiro atoms. The minimum absolute atomic E-state index is 0.331. The van der Waals surface area contributed by atoms with E-state index in [0.29, 0.717) is 23.1 Å². The van der Waals surface area contributed by atoms with Crippen LogP contribution < -0.4 is 5.32 Å². The van der Waals surface area contributed by atoms with Gasteiger partial charge in [-0.1, -0.05) is 6.07 Å². The number of fused-ring (bicyclic) bond motifs is 1. The van der Waals surface area contributed by atoms with E-state index >= 15 is 0 Å². The molecular formula is C14H18N6O2S2. The molecule has 0 aliphatic rings. The summed E-state index contributed by atoms with van der Waals surface area (Å²) in [5, 5.41) is 9.16. The molecule has 0 atom stereocenters. The number of aryl methyl sites for hydroxylation is 1. The van der Waals surface area contributed by atoms with Crippen molar-refractivity contribution < 1.29 is 8.42 Å². The van der Waals surface area contributed by atoms with E-state index in [1.165, 1.54) is 22.0 Å². The van der Waals surface area contributed by atoms with Gasteiger partial charge in [0, 0.05) is 31.4 Å². The molecule has 0 aliphatic carbocycles. The van der Waals surface area contributed by atoms with Crippen molar-refractivity contribution in [1.29, 1.82) is 0 Å². The van der Waals surface area contributed by atoms with Crippen molar-refractivity contribution in [3.63, 3.8) is 0 Å². The Morgan fingerprint density at radius 1 is 1.38 bits per heavy atom. The maximum Gasteiger partial charge on any atom is 0.254 e. The smallest absolute Gasteiger partial charge is 0.254 e. The average Bonchev–Trinajstić information content (AvgIpc) is 3.21. The van der Waals surface area contributed by atoms with Gasteiger partial charge in [-0.05, 0) is 25.3 Å². The highest BCUT2D eigenvalue weighted by atomic mass is 32.2. The molecule has 0 unspecified atom stereocenters. The van der Waals surface area contributed by atoms with Crippen LogP contribution in [0.4, 0.5) is 5.82 Å². The number of nitrogens with zero attached hydrogens (tertiary/aromatic N) is 5. The van der Waals surface area contributed by atoms with Crippen LogP contribution in [0.5, 0.6) is 0 Å². The lowest BCUT2D eigenvalue weighted by molar-refractivity contribution is 0.482. The predicted molar refractivity (Wildman–Crippen MR) is 92.9 cm³/mol. The van der Waals surface area contributed by atoms with E-state index in [4.69, 9.17) is 0 Å². The fraction of sp³-hybridized carbons (Fsp3) is 0.357. The fourth-order valence-corrected chi connectivity index (χ4v) is 4.63. The molecule has 3 aromatic rings. The van der Waals surface area contributed by atoms with Crippen LogP contribution in [0.1, 0.15) is 11.3 Å². The first-order valence-corrected chi connectivity index (χ1v) is 9.64. The Morgan fingerprint density at radius 3 is 2.88 bits per heavy atom. The molecule has 0 saturated carbocycles. The second-order valence-electron chi connectivity index (χ2n) is 5.33. The van der Waals surface area contributed by atoms with Gasteiger partial charge in [0.05, 0.1) is 0 Å². The number of sulfonamides is 1. The van der Waals surface area contributed by atoms with Crippen LogP contribution in [0.3, 0.4) is 0 Å². The first-order chi connectivity index (χ1) is 11.4. The van der Waals surface area contributed by atoms with Crippen LogP contribution >= 0.6 is 11.3 Å². The highest BCUT2D eigenvalue weighted by Gasteiger charge is 2.21. The third-order valence-electron chi connectivity index (χ3n) is 3.79. The maximum atomic E-state index is 12.4. The normalized spacial score (nSPS) is 12.2. The molecule has 0 bridgehead atoms. The predicted octanol–water partition coefficient (Wildman–Crippen LogP) is 1.54. The van der Waals surface area contributed by atoms with Gasteiger partial charge < -0.3 is 5.32 Å². The number of aromatic nitrogens is 4. The van der Waals surface area contributed by atoms with Crippen molar-refractivity contribution in [2.24, 2.45) is 0 Å². The van der Waals surface area contributed by atoms with Crippen molar-refractivity contribution in [3.8, 4) is 0 Å². The van der Waals surface area contributed by atoms with Crippen molar-refractivity contribution in [1.82, 2.24) is 23.9 Å². The number of likely N-dealkylation sites (N-methyl/N-ethyl adjacent to an activating group) is 1. The Morgan fingerprint density at radius 2 is 2.17 bits per heavy atom. The molecule has 0 radical (unpaired) electrons. The van der Waals surface area contributed by atoms with Crippen LogP contribution in [0.25, 0.3) is 5.78 Å². The van der Waals surface area contributed by atoms with E-state index in [2.05, 4.69) is 20.4 Å². The van der Waals surface area contributed by atoms with Crippen LogP contribution in [0, 0.1) is 13.8 Å². The topological polar surface area (TPSA) is 92.5 Å². The summed E-state index contributed by atoms with van der Waals surface area (Å²) >= 11 is 1.21. The van der Waals surface area contributed by atoms with Gasteiger partial charge in [-0.3, -0.25) is 0 Å². The molecule has 3 rings (SSSR count). The van der Waals surface area contributed by atoms with Gasteiger partial charge in [0.25, 0.3) is 15.8 Å². The number of hydrogen-bond acceptors (Lipinski definition) is 7. The first-order valence-electron chi connectivity index (χ1n) is 7.32. The molecule has 24 heavy (non-hydrogen) atoms. The summed E-state index contributed by atoms with van der Waals surface area (Å²) in [5.41, 5.74) is 1.81. The van der Waals surface area contributed by atoms with E-state index in [1.54, 1.807) is 29.1 Å². The first kappa shape index (κ1) is 16.8. The lowest BCUT2D eigenvalue weighted by atomic mass is 10.2. The monoisotopic (exact) mass is 366 g/mol. The van der Waals surface area contributed by atoms with Crippen molar-refractivity contribution in [2.45, 2.75) is 18.1 Å². The summed E-state index contributed by atoms with van der Waals surface area (Å²) in [4.78, 5) is 8.45. The zero-order chi connectivity index (χ0) is 17.3. The molecule has 10 heteroatoms. The molecule has 0 amide bonds. The van der Waals surface area contributed by atoms with Crippen LogP contribution in [0.2, 0.25) is 0 Å².